The lowest BCUT2D eigenvalue weighted by Crippen LogP contribution is -2.24. The van der Waals surface area contributed by atoms with Crippen LogP contribution in [0.1, 0.15) is 42.5 Å². The highest BCUT2D eigenvalue weighted by Crippen LogP contribution is 2.17. The largest absolute Gasteiger partial charge is 0.378 e. The van der Waals surface area contributed by atoms with E-state index in [0.717, 1.165) is 32.4 Å². The molecule has 1 saturated heterocycles. The van der Waals surface area contributed by atoms with Crippen molar-refractivity contribution in [3.8, 4) is 0 Å². The van der Waals surface area contributed by atoms with Gasteiger partial charge < -0.3 is 10.1 Å². The van der Waals surface area contributed by atoms with Crippen molar-refractivity contribution in [3.05, 3.63) is 18.0 Å². The van der Waals surface area contributed by atoms with E-state index >= 15 is 0 Å². The molecule has 1 fully saturated rings. The second kappa shape index (κ2) is 6.39. The van der Waals surface area contributed by atoms with Gasteiger partial charge in [-0.15, -0.1) is 0 Å². The molecule has 2 heterocycles. The third kappa shape index (κ3) is 3.85. The number of rotatable bonds is 6. The van der Waals surface area contributed by atoms with E-state index in [4.69, 9.17) is 4.74 Å². The van der Waals surface area contributed by atoms with Crippen LogP contribution in [0.2, 0.25) is 0 Å². The molecule has 0 bridgehead atoms. The first-order chi connectivity index (χ1) is 8.36. The van der Waals surface area contributed by atoms with Gasteiger partial charge in [-0.05, 0) is 32.1 Å². The second-order valence-corrected chi connectivity index (χ2v) is 4.37. The molecule has 2 N–H and O–H groups in total. The SMILES string of the molecule is O=C(NCCCC[C@@H]1CCCO1)c1cn[nH]c1. The lowest BCUT2D eigenvalue weighted by atomic mass is 10.1. The van der Waals surface area contributed by atoms with Crippen molar-refractivity contribution in [2.24, 2.45) is 0 Å². The number of hydrogen-bond acceptors (Lipinski definition) is 3. The van der Waals surface area contributed by atoms with Crippen LogP contribution in [0.5, 0.6) is 0 Å². The molecule has 0 radical (unpaired) electrons. The number of carbonyl (C=O) groups is 1. The fourth-order valence-electron chi connectivity index (χ4n) is 2.05. The van der Waals surface area contributed by atoms with Crippen molar-refractivity contribution in [1.82, 2.24) is 15.5 Å². The predicted molar refractivity (Wildman–Crippen MR) is 63.7 cm³/mol. The number of unbranched alkanes of at least 4 members (excludes halogenated alkanes) is 1. The molecular formula is C12H19N3O2. The van der Waals surface area contributed by atoms with Crippen LogP contribution in [-0.2, 0) is 4.74 Å². The zero-order valence-corrected chi connectivity index (χ0v) is 9.95. The summed E-state index contributed by atoms with van der Waals surface area (Å²) in [6.45, 7) is 1.64. The van der Waals surface area contributed by atoms with Crippen LogP contribution in [0.15, 0.2) is 12.4 Å². The molecule has 2 rings (SSSR count). The van der Waals surface area contributed by atoms with Crippen LogP contribution in [0.25, 0.3) is 0 Å². The first-order valence-electron chi connectivity index (χ1n) is 6.25. The Kier molecular flexibility index (Phi) is 4.55. The van der Waals surface area contributed by atoms with Crippen LogP contribution in [0.3, 0.4) is 0 Å². The van der Waals surface area contributed by atoms with Crippen molar-refractivity contribution in [2.45, 2.75) is 38.2 Å². The number of hydrogen-bond donors (Lipinski definition) is 2. The van der Waals surface area contributed by atoms with E-state index in [-0.39, 0.29) is 5.91 Å². The number of nitrogens with one attached hydrogen (secondary N) is 2. The third-order valence-electron chi connectivity index (χ3n) is 3.02. The van der Waals surface area contributed by atoms with E-state index in [9.17, 15) is 4.79 Å². The molecule has 5 nitrogen and oxygen atoms in total. The topological polar surface area (TPSA) is 67.0 Å². The van der Waals surface area contributed by atoms with Gasteiger partial charge in [-0.2, -0.15) is 5.10 Å². The molecule has 0 unspecified atom stereocenters. The summed E-state index contributed by atoms with van der Waals surface area (Å²) < 4.78 is 5.54. The predicted octanol–water partition coefficient (Wildman–Crippen LogP) is 1.49. The molecule has 1 aliphatic rings. The fourth-order valence-corrected chi connectivity index (χ4v) is 2.05. The molecule has 0 aromatic carbocycles. The Labute approximate surface area is 101 Å². The summed E-state index contributed by atoms with van der Waals surface area (Å²) in [5.41, 5.74) is 0.587. The molecule has 1 amide bonds. The summed E-state index contributed by atoms with van der Waals surface area (Å²) in [4.78, 5) is 11.5. The molecule has 1 aliphatic heterocycles. The average Bonchev–Trinajstić information content (AvgIpc) is 3.01. The van der Waals surface area contributed by atoms with E-state index in [0.29, 0.717) is 11.7 Å². The van der Waals surface area contributed by atoms with E-state index in [1.807, 2.05) is 0 Å². The number of aromatic amines is 1. The number of H-pyrrole nitrogens is 1. The van der Waals surface area contributed by atoms with Gasteiger partial charge in [0.15, 0.2) is 0 Å². The molecule has 0 aliphatic carbocycles. The Hall–Kier alpha value is -1.36. The minimum atomic E-state index is -0.0594. The minimum Gasteiger partial charge on any atom is -0.378 e. The van der Waals surface area contributed by atoms with Crippen LogP contribution in [-0.4, -0.2) is 35.4 Å². The quantitative estimate of drug-likeness (QED) is 0.737. The van der Waals surface area contributed by atoms with Gasteiger partial charge in [-0.3, -0.25) is 9.89 Å². The Morgan fingerprint density at radius 3 is 3.24 bits per heavy atom. The van der Waals surface area contributed by atoms with Crippen LogP contribution in [0.4, 0.5) is 0 Å². The zero-order chi connectivity index (χ0) is 11.9. The molecule has 1 atom stereocenters. The van der Waals surface area contributed by atoms with Gasteiger partial charge in [-0.1, -0.05) is 0 Å². The molecular weight excluding hydrogens is 218 g/mol. The zero-order valence-electron chi connectivity index (χ0n) is 9.95. The van der Waals surface area contributed by atoms with Gasteiger partial charge >= 0.3 is 0 Å². The van der Waals surface area contributed by atoms with Crippen molar-refractivity contribution >= 4 is 5.91 Å². The summed E-state index contributed by atoms with van der Waals surface area (Å²) in [5, 5.41) is 9.23. The average molecular weight is 237 g/mol. The Balaban J connectivity index is 1.52. The molecule has 94 valence electrons. The number of carbonyl (C=O) groups excluding carboxylic acids is 1. The van der Waals surface area contributed by atoms with E-state index in [1.54, 1.807) is 6.20 Å². The maximum absolute atomic E-state index is 11.5. The van der Waals surface area contributed by atoms with Crippen molar-refractivity contribution in [2.75, 3.05) is 13.2 Å². The Morgan fingerprint density at radius 1 is 1.59 bits per heavy atom. The number of aromatic nitrogens is 2. The van der Waals surface area contributed by atoms with Gasteiger partial charge in [-0.25, -0.2) is 0 Å². The molecule has 0 saturated carbocycles. The van der Waals surface area contributed by atoms with Crippen LogP contribution < -0.4 is 5.32 Å². The Bertz CT molecular complexity index is 332. The summed E-state index contributed by atoms with van der Waals surface area (Å²) >= 11 is 0. The number of nitrogens with zero attached hydrogens (tertiary/aromatic N) is 1. The first kappa shape index (κ1) is 12.1. The van der Waals surface area contributed by atoms with Crippen molar-refractivity contribution in [1.29, 1.82) is 0 Å². The number of ether oxygens (including phenoxy) is 1. The summed E-state index contributed by atoms with van der Waals surface area (Å²) in [5.74, 6) is -0.0594. The minimum absolute atomic E-state index is 0.0594. The van der Waals surface area contributed by atoms with E-state index in [2.05, 4.69) is 15.5 Å². The molecule has 1 aromatic rings. The molecule has 1 aromatic heterocycles. The monoisotopic (exact) mass is 237 g/mol. The first-order valence-corrected chi connectivity index (χ1v) is 6.25. The maximum Gasteiger partial charge on any atom is 0.254 e. The van der Waals surface area contributed by atoms with Gasteiger partial charge in [0.05, 0.1) is 17.9 Å². The molecule has 0 spiro atoms. The summed E-state index contributed by atoms with van der Waals surface area (Å²) in [6.07, 6.45) is 9.20. The van der Waals surface area contributed by atoms with Crippen LogP contribution in [0, 0.1) is 0 Å². The molecule has 5 heteroatoms. The number of amides is 1. The van der Waals surface area contributed by atoms with Crippen LogP contribution >= 0.6 is 0 Å². The van der Waals surface area contributed by atoms with Crippen molar-refractivity contribution < 1.29 is 9.53 Å². The lowest BCUT2D eigenvalue weighted by molar-refractivity contribution is 0.0947. The highest BCUT2D eigenvalue weighted by atomic mass is 16.5. The van der Waals surface area contributed by atoms with Gasteiger partial charge in [0.2, 0.25) is 0 Å². The van der Waals surface area contributed by atoms with Crippen molar-refractivity contribution in [3.63, 3.8) is 0 Å². The summed E-state index contributed by atoms with van der Waals surface area (Å²) in [6, 6.07) is 0. The second-order valence-electron chi connectivity index (χ2n) is 4.37. The normalized spacial score (nSPS) is 19.4. The Morgan fingerprint density at radius 2 is 2.53 bits per heavy atom. The lowest BCUT2D eigenvalue weighted by Gasteiger charge is -2.08. The van der Waals surface area contributed by atoms with Gasteiger partial charge in [0.1, 0.15) is 0 Å². The standard InChI is InChI=1S/C12H19N3O2/c16-12(10-8-14-15-9-10)13-6-2-1-4-11-5-3-7-17-11/h8-9,11H,1-7H2,(H,13,16)(H,14,15)/t11-/m1/s1. The fraction of sp³-hybridized carbons (Fsp3) is 0.667. The highest BCUT2D eigenvalue weighted by Gasteiger charge is 2.14. The smallest absolute Gasteiger partial charge is 0.254 e. The van der Waals surface area contributed by atoms with E-state index in [1.165, 1.54) is 19.0 Å². The third-order valence-corrected chi connectivity index (χ3v) is 3.02. The highest BCUT2D eigenvalue weighted by molar-refractivity contribution is 5.93. The van der Waals surface area contributed by atoms with E-state index < -0.39 is 0 Å². The maximum atomic E-state index is 11.5. The summed E-state index contributed by atoms with van der Waals surface area (Å²) in [7, 11) is 0. The van der Waals surface area contributed by atoms with Gasteiger partial charge in [0, 0.05) is 19.3 Å². The molecule has 17 heavy (non-hydrogen) atoms. The van der Waals surface area contributed by atoms with Gasteiger partial charge in [0.25, 0.3) is 5.91 Å².